The zero-order chi connectivity index (χ0) is 10.8. The lowest BCUT2D eigenvalue weighted by molar-refractivity contribution is 0.133. The van der Waals surface area contributed by atoms with Crippen LogP contribution >= 0.6 is 0 Å². The highest BCUT2D eigenvalue weighted by Gasteiger charge is 2.33. The van der Waals surface area contributed by atoms with Gasteiger partial charge in [-0.25, -0.2) is 0 Å². The van der Waals surface area contributed by atoms with Crippen molar-refractivity contribution in [1.29, 1.82) is 0 Å². The molecule has 0 radical (unpaired) electrons. The van der Waals surface area contributed by atoms with Crippen LogP contribution in [0.5, 0.6) is 0 Å². The first-order valence-electron chi connectivity index (χ1n) is 7.90. The molecule has 0 N–H and O–H groups in total. The van der Waals surface area contributed by atoms with Gasteiger partial charge in [0.2, 0.25) is 0 Å². The molecule has 3 aliphatic rings. The van der Waals surface area contributed by atoms with Crippen molar-refractivity contribution in [2.45, 2.75) is 77.0 Å². The third kappa shape index (κ3) is 2.63. The Labute approximate surface area is 101 Å². The van der Waals surface area contributed by atoms with Gasteiger partial charge in [0.15, 0.2) is 0 Å². The minimum absolute atomic E-state index is 1.14. The van der Waals surface area contributed by atoms with Crippen molar-refractivity contribution in [1.82, 2.24) is 0 Å². The number of rotatable bonds is 4. The molecule has 0 heterocycles. The summed E-state index contributed by atoms with van der Waals surface area (Å²) in [5, 5.41) is 0. The Balaban J connectivity index is 1.31. The first kappa shape index (κ1) is 11.1. The highest BCUT2D eigenvalue weighted by molar-refractivity contribution is 4.85. The Morgan fingerprint density at radius 3 is 1.25 bits per heavy atom. The molecule has 0 amide bonds. The van der Waals surface area contributed by atoms with E-state index in [1.54, 1.807) is 51.4 Å². The minimum Gasteiger partial charge on any atom is -0.0530 e. The van der Waals surface area contributed by atoms with Gasteiger partial charge >= 0.3 is 0 Å². The molecule has 0 saturated heterocycles. The van der Waals surface area contributed by atoms with E-state index in [9.17, 15) is 0 Å². The second-order valence-corrected chi connectivity index (χ2v) is 6.98. The van der Waals surface area contributed by atoms with Crippen molar-refractivity contribution in [3.8, 4) is 0 Å². The lowest BCUT2D eigenvalue weighted by atomic mass is 9.68. The molecule has 0 aromatic heterocycles. The van der Waals surface area contributed by atoms with Gasteiger partial charge in [0, 0.05) is 0 Å². The second kappa shape index (κ2) is 5.10. The van der Waals surface area contributed by atoms with Crippen molar-refractivity contribution < 1.29 is 0 Å². The summed E-state index contributed by atoms with van der Waals surface area (Å²) in [6.07, 6.45) is 18.8. The van der Waals surface area contributed by atoms with Crippen LogP contribution in [0.25, 0.3) is 0 Å². The maximum atomic E-state index is 1.60. The largest absolute Gasteiger partial charge is 0.0530 e. The first-order valence-corrected chi connectivity index (χ1v) is 7.90. The van der Waals surface area contributed by atoms with Crippen LogP contribution in [0.15, 0.2) is 0 Å². The molecule has 3 saturated carbocycles. The Bertz CT molecular complexity index is 180. The fourth-order valence-electron chi connectivity index (χ4n) is 4.69. The second-order valence-electron chi connectivity index (χ2n) is 6.98. The molecular weight excluding hydrogens is 192 g/mol. The lowest BCUT2D eigenvalue weighted by Crippen LogP contribution is -2.26. The Hall–Kier alpha value is 0. The summed E-state index contributed by atoms with van der Waals surface area (Å²) in [6.45, 7) is 0. The molecule has 3 aliphatic carbocycles. The topological polar surface area (TPSA) is 0 Å². The van der Waals surface area contributed by atoms with Gasteiger partial charge in [-0.3, -0.25) is 0 Å². The number of hydrogen-bond acceptors (Lipinski definition) is 0. The summed E-state index contributed by atoms with van der Waals surface area (Å²) in [4.78, 5) is 0. The van der Waals surface area contributed by atoms with Crippen LogP contribution in [-0.2, 0) is 0 Å². The van der Waals surface area contributed by atoms with Crippen molar-refractivity contribution >= 4 is 0 Å². The molecular formula is C16H28. The molecule has 16 heavy (non-hydrogen) atoms. The van der Waals surface area contributed by atoms with Gasteiger partial charge in [-0.1, -0.05) is 51.4 Å². The van der Waals surface area contributed by atoms with Crippen molar-refractivity contribution in [2.24, 2.45) is 23.7 Å². The molecule has 0 aliphatic heterocycles. The quantitative estimate of drug-likeness (QED) is 0.613. The first-order chi connectivity index (χ1) is 7.90. The van der Waals surface area contributed by atoms with E-state index in [1.807, 2.05) is 0 Å². The average Bonchev–Trinajstić information content (AvgIpc) is 2.85. The van der Waals surface area contributed by atoms with E-state index in [-0.39, 0.29) is 0 Å². The summed E-state index contributed by atoms with van der Waals surface area (Å²) in [5.74, 6) is 4.57. The van der Waals surface area contributed by atoms with Crippen molar-refractivity contribution in [3.05, 3.63) is 0 Å². The van der Waals surface area contributed by atoms with Gasteiger partial charge in [-0.2, -0.15) is 0 Å². The SMILES string of the molecule is C1CCC(CC2CC(CC3CCCC3)C2)C1. The highest BCUT2D eigenvalue weighted by Crippen LogP contribution is 2.45. The van der Waals surface area contributed by atoms with Crippen LogP contribution in [0.4, 0.5) is 0 Å². The van der Waals surface area contributed by atoms with Crippen LogP contribution in [-0.4, -0.2) is 0 Å². The fourth-order valence-corrected chi connectivity index (χ4v) is 4.69. The summed E-state index contributed by atoms with van der Waals surface area (Å²) >= 11 is 0. The summed E-state index contributed by atoms with van der Waals surface area (Å²) < 4.78 is 0. The molecule has 0 unspecified atom stereocenters. The molecule has 0 spiro atoms. The molecule has 0 bridgehead atoms. The van der Waals surface area contributed by atoms with E-state index in [0.717, 1.165) is 23.7 Å². The molecule has 0 aromatic carbocycles. The highest BCUT2D eigenvalue weighted by atomic mass is 14.4. The van der Waals surface area contributed by atoms with Crippen LogP contribution in [0, 0.1) is 23.7 Å². The smallest absolute Gasteiger partial charge is 0.0406 e. The fraction of sp³-hybridized carbons (Fsp3) is 1.00. The molecule has 3 fully saturated rings. The summed E-state index contributed by atoms with van der Waals surface area (Å²) in [5.41, 5.74) is 0. The predicted octanol–water partition coefficient (Wildman–Crippen LogP) is 5.17. The monoisotopic (exact) mass is 220 g/mol. The van der Waals surface area contributed by atoms with E-state index in [4.69, 9.17) is 0 Å². The summed E-state index contributed by atoms with van der Waals surface area (Å²) in [6, 6.07) is 0. The molecule has 92 valence electrons. The molecule has 0 atom stereocenters. The van der Waals surface area contributed by atoms with Crippen LogP contribution < -0.4 is 0 Å². The third-order valence-corrected chi connectivity index (χ3v) is 5.62. The molecule has 3 rings (SSSR count). The van der Waals surface area contributed by atoms with Gasteiger partial charge in [-0.05, 0) is 49.4 Å². The zero-order valence-electron chi connectivity index (χ0n) is 10.8. The van der Waals surface area contributed by atoms with Crippen LogP contribution in [0.1, 0.15) is 77.0 Å². The van der Waals surface area contributed by atoms with Gasteiger partial charge in [0.1, 0.15) is 0 Å². The molecule has 0 nitrogen and oxygen atoms in total. The number of hydrogen-bond donors (Lipinski definition) is 0. The summed E-state index contributed by atoms with van der Waals surface area (Å²) in [7, 11) is 0. The minimum atomic E-state index is 1.14. The maximum Gasteiger partial charge on any atom is -0.0406 e. The Kier molecular flexibility index (Phi) is 3.54. The van der Waals surface area contributed by atoms with Gasteiger partial charge < -0.3 is 0 Å². The normalized spacial score (nSPS) is 36.8. The third-order valence-electron chi connectivity index (χ3n) is 5.62. The van der Waals surface area contributed by atoms with Crippen molar-refractivity contribution in [3.63, 3.8) is 0 Å². The van der Waals surface area contributed by atoms with E-state index in [0.29, 0.717) is 0 Å². The van der Waals surface area contributed by atoms with E-state index in [1.165, 1.54) is 25.7 Å². The van der Waals surface area contributed by atoms with Crippen LogP contribution in [0.2, 0.25) is 0 Å². The van der Waals surface area contributed by atoms with E-state index >= 15 is 0 Å². The molecule has 0 heteroatoms. The lowest BCUT2D eigenvalue weighted by Gasteiger charge is -2.38. The zero-order valence-corrected chi connectivity index (χ0v) is 10.8. The predicted molar refractivity (Wildman–Crippen MR) is 69.4 cm³/mol. The van der Waals surface area contributed by atoms with Crippen molar-refractivity contribution in [2.75, 3.05) is 0 Å². The van der Waals surface area contributed by atoms with Gasteiger partial charge in [-0.15, -0.1) is 0 Å². The Morgan fingerprint density at radius 1 is 0.500 bits per heavy atom. The van der Waals surface area contributed by atoms with Gasteiger partial charge in [0.25, 0.3) is 0 Å². The Morgan fingerprint density at radius 2 is 0.875 bits per heavy atom. The standard InChI is InChI=1S/C16H28/c1-2-6-13(5-1)9-15-11-16(12-15)10-14-7-3-4-8-14/h13-16H,1-12H2. The van der Waals surface area contributed by atoms with E-state index < -0.39 is 0 Å². The maximum absolute atomic E-state index is 1.60. The average molecular weight is 220 g/mol. The van der Waals surface area contributed by atoms with Crippen LogP contribution in [0.3, 0.4) is 0 Å². The van der Waals surface area contributed by atoms with E-state index in [2.05, 4.69) is 0 Å². The van der Waals surface area contributed by atoms with Gasteiger partial charge in [0.05, 0.1) is 0 Å². The molecule has 0 aromatic rings.